The Kier molecular flexibility index (Phi) is 3.14. The molecule has 0 aromatic carbocycles. The largest absolute Gasteiger partial charge is 0.302 e. The second-order valence-electron chi connectivity index (χ2n) is 3.32. The molecule has 0 N–H and O–H groups in total. The van der Waals surface area contributed by atoms with Gasteiger partial charge in [-0.05, 0) is 26.2 Å². The van der Waals surface area contributed by atoms with Gasteiger partial charge in [0.15, 0.2) is 11.6 Å². The van der Waals surface area contributed by atoms with Crippen LogP contribution >= 0.6 is 0 Å². The summed E-state index contributed by atoms with van der Waals surface area (Å²) in [5.74, 6) is 0.121. The van der Waals surface area contributed by atoms with Gasteiger partial charge in [-0.25, -0.2) is 0 Å². The summed E-state index contributed by atoms with van der Waals surface area (Å²) >= 11 is 0. The molecule has 0 radical (unpaired) electrons. The molecule has 0 spiro atoms. The van der Waals surface area contributed by atoms with Crippen LogP contribution in [0.25, 0.3) is 0 Å². The Hall–Kier alpha value is -1.22. The highest BCUT2D eigenvalue weighted by Gasteiger charge is 2.11. The lowest BCUT2D eigenvalue weighted by molar-refractivity contribution is -0.115. The zero-order chi connectivity index (χ0) is 9.84. The van der Waals surface area contributed by atoms with E-state index < -0.39 is 0 Å². The van der Waals surface area contributed by atoms with Crippen molar-refractivity contribution in [2.24, 2.45) is 0 Å². The van der Waals surface area contributed by atoms with Crippen LogP contribution in [-0.2, 0) is 9.59 Å². The predicted molar refractivity (Wildman–Crippen MR) is 50.4 cm³/mol. The third-order valence-corrected chi connectivity index (χ3v) is 1.75. The molecule has 0 aromatic heterocycles. The van der Waals surface area contributed by atoms with Crippen molar-refractivity contribution < 1.29 is 9.59 Å². The first-order valence-corrected chi connectivity index (χ1v) is 4.18. The van der Waals surface area contributed by atoms with Gasteiger partial charge in [-0.15, -0.1) is 0 Å². The van der Waals surface area contributed by atoms with Gasteiger partial charge in [-0.2, -0.15) is 0 Å². The Balaban J connectivity index is 2.59. The van der Waals surface area contributed by atoms with E-state index in [2.05, 4.69) is 0 Å². The molecule has 3 nitrogen and oxygen atoms in total. The summed E-state index contributed by atoms with van der Waals surface area (Å²) in [5.41, 5.74) is 0.647. The van der Waals surface area contributed by atoms with Crippen molar-refractivity contribution in [2.45, 2.75) is 6.42 Å². The van der Waals surface area contributed by atoms with Gasteiger partial charge in [0.25, 0.3) is 0 Å². The lowest BCUT2D eigenvalue weighted by Crippen LogP contribution is -2.23. The van der Waals surface area contributed by atoms with Crippen molar-refractivity contribution in [3.63, 3.8) is 0 Å². The van der Waals surface area contributed by atoms with Crippen LogP contribution in [0.2, 0.25) is 0 Å². The number of rotatable bonds is 3. The third-order valence-electron chi connectivity index (χ3n) is 1.75. The SMILES string of the molecule is CN(C)CC(=O)C1=CCC(=O)C=C1. The molecule has 0 fully saturated rings. The van der Waals surface area contributed by atoms with Crippen molar-refractivity contribution >= 4 is 11.6 Å². The minimum absolute atomic E-state index is 0.0569. The summed E-state index contributed by atoms with van der Waals surface area (Å²) in [7, 11) is 3.69. The Morgan fingerprint density at radius 1 is 1.46 bits per heavy atom. The molecule has 3 heteroatoms. The fraction of sp³-hybridized carbons (Fsp3) is 0.400. The Morgan fingerprint density at radius 2 is 2.15 bits per heavy atom. The molecule has 1 aliphatic carbocycles. The molecule has 0 unspecified atom stereocenters. The van der Waals surface area contributed by atoms with E-state index in [9.17, 15) is 9.59 Å². The van der Waals surface area contributed by atoms with Crippen LogP contribution in [0, 0.1) is 0 Å². The molecule has 1 aliphatic rings. The zero-order valence-electron chi connectivity index (χ0n) is 7.91. The van der Waals surface area contributed by atoms with E-state index in [4.69, 9.17) is 0 Å². The van der Waals surface area contributed by atoms with E-state index in [1.54, 1.807) is 12.2 Å². The first-order chi connectivity index (χ1) is 6.09. The summed E-state index contributed by atoms with van der Waals surface area (Å²) in [6.07, 6.45) is 5.10. The molecule has 0 heterocycles. The first-order valence-electron chi connectivity index (χ1n) is 4.18. The smallest absolute Gasteiger partial charge is 0.176 e. The van der Waals surface area contributed by atoms with E-state index in [0.717, 1.165) is 0 Å². The highest BCUT2D eigenvalue weighted by atomic mass is 16.1. The number of nitrogens with zero attached hydrogens (tertiary/aromatic N) is 1. The number of carbonyl (C=O) groups is 2. The third kappa shape index (κ3) is 2.95. The number of hydrogen-bond acceptors (Lipinski definition) is 3. The van der Waals surface area contributed by atoms with Gasteiger partial charge >= 0.3 is 0 Å². The second-order valence-corrected chi connectivity index (χ2v) is 3.32. The Morgan fingerprint density at radius 3 is 2.62 bits per heavy atom. The summed E-state index contributed by atoms with van der Waals surface area (Å²) in [6.45, 7) is 0.393. The molecule has 0 saturated heterocycles. The van der Waals surface area contributed by atoms with Crippen LogP contribution in [0.1, 0.15) is 6.42 Å². The summed E-state index contributed by atoms with van der Waals surface area (Å²) in [5, 5.41) is 0. The molecule has 0 amide bonds. The van der Waals surface area contributed by atoms with Gasteiger partial charge in [0.05, 0.1) is 6.54 Å². The second kappa shape index (κ2) is 4.14. The molecule has 0 aliphatic heterocycles. The molecule has 0 saturated carbocycles. The van der Waals surface area contributed by atoms with Crippen LogP contribution in [0.5, 0.6) is 0 Å². The molecular formula is C10H13NO2. The van der Waals surface area contributed by atoms with Gasteiger partial charge < -0.3 is 4.90 Å². The normalized spacial score (nSPS) is 16.2. The van der Waals surface area contributed by atoms with Crippen LogP contribution in [0.15, 0.2) is 23.8 Å². The number of ketones is 2. The van der Waals surface area contributed by atoms with E-state index in [0.29, 0.717) is 18.5 Å². The maximum atomic E-state index is 11.4. The van der Waals surface area contributed by atoms with Gasteiger partial charge in [0.2, 0.25) is 0 Å². The summed E-state index contributed by atoms with van der Waals surface area (Å²) < 4.78 is 0. The quantitative estimate of drug-likeness (QED) is 0.635. The molecule has 13 heavy (non-hydrogen) atoms. The minimum atomic E-state index is 0.0569. The molecule has 0 bridgehead atoms. The standard InChI is InChI=1S/C10H13NO2/c1-11(2)7-10(13)8-3-5-9(12)6-4-8/h3-5H,6-7H2,1-2H3. The lowest BCUT2D eigenvalue weighted by atomic mass is 10.0. The van der Waals surface area contributed by atoms with Gasteiger partial charge in [0.1, 0.15) is 0 Å². The summed E-state index contributed by atoms with van der Waals surface area (Å²) in [6, 6.07) is 0. The number of likely N-dealkylation sites (N-methyl/N-ethyl adjacent to an activating group) is 1. The molecule has 1 rings (SSSR count). The summed E-state index contributed by atoms with van der Waals surface area (Å²) in [4.78, 5) is 24.1. The number of allylic oxidation sites excluding steroid dienone is 3. The predicted octanol–water partition coefficient (Wildman–Crippen LogP) is 0.573. The first kappa shape index (κ1) is 9.86. The molecule has 70 valence electrons. The van der Waals surface area contributed by atoms with Crippen molar-refractivity contribution in [3.8, 4) is 0 Å². The van der Waals surface area contributed by atoms with Crippen LogP contribution in [-0.4, -0.2) is 37.1 Å². The molecule has 0 aromatic rings. The maximum absolute atomic E-state index is 11.4. The van der Waals surface area contributed by atoms with E-state index in [1.807, 2.05) is 19.0 Å². The molecular weight excluding hydrogens is 166 g/mol. The van der Waals surface area contributed by atoms with Crippen molar-refractivity contribution in [2.75, 3.05) is 20.6 Å². The highest BCUT2D eigenvalue weighted by Crippen LogP contribution is 2.08. The van der Waals surface area contributed by atoms with Crippen molar-refractivity contribution in [1.29, 1.82) is 0 Å². The van der Waals surface area contributed by atoms with Gasteiger partial charge in [-0.1, -0.05) is 6.08 Å². The zero-order valence-corrected chi connectivity index (χ0v) is 7.91. The Labute approximate surface area is 77.7 Å². The number of hydrogen-bond donors (Lipinski definition) is 0. The fourth-order valence-corrected chi connectivity index (χ4v) is 1.11. The number of carbonyl (C=O) groups excluding carboxylic acids is 2. The lowest BCUT2D eigenvalue weighted by Gasteiger charge is -2.10. The molecule has 0 atom stereocenters. The fourth-order valence-electron chi connectivity index (χ4n) is 1.11. The van der Waals surface area contributed by atoms with Crippen molar-refractivity contribution in [3.05, 3.63) is 23.8 Å². The Bertz CT molecular complexity index is 287. The minimum Gasteiger partial charge on any atom is -0.302 e. The van der Waals surface area contributed by atoms with Crippen LogP contribution < -0.4 is 0 Å². The topological polar surface area (TPSA) is 37.4 Å². The van der Waals surface area contributed by atoms with Crippen LogP contribution in [0.4, 0.5) is 0 Å². The van der Waals surface area contributed by atoms with Crippen LogP contribution in [0.3, 0.4) is 0 Å². The van der Waals surface area contributed by atoms with E-state index in [1.165, 1.54) is 6.08 Å². The van der Waals surface area contributed by atoms with Gasteiger partial charge in [-0.3, -0.25) is 9.59 Å². The van der Waals surface area contributed by atoms with E-state index >= 15 is 0 Å². The average Bonchev–Trinajstić information content (AvgIpc) is 2.04. The highest BCUT2D eigenvalue weighted by molar-refractivity contribution is 6.04. The monoisotopic (exact) mass is 179 g/mol. The van der Waals surface area contributed by atoms with Gasteiger partial charge in [0, 0.05) is 12.0 Å². The maximum Gasteiger partial charge on any atom is 0.176 e. The van der Waals surface area contributed by atoms with Crippen molar-refractivity contribution in [1.82, 2.24) is 4.90 Å². The average molecular weight is 179 g/mol. The van der Waals surface area contributed by atoms with E-state index in [-0.39, 0.29) is 11.6 Å². The number of Topliss-reactive ketones (excluding diaryl/α,β-unsaturated/α-hetero) is 1.